The van der Waals surface area contributed by atoms with Gasteiger partial charge in [-0.05, 0) is 24.6 Å². The summed E-state index contributed by atoms with van der Waals surface area (Å²) in [5, 5.41) is -0.506. The summed E-state index contributed by atoms with van der Waals surface area (Å²) in [6.45, 7) is 7.76. The molecular weight excluding hydrogens is 316 g/mol. The minimum absolute atomic E-state index is 0.0401. The third-order valence-corrected chi connectivity index (χ3v) is 4.45. The molecule has 1 aromatic carbocycles. The number of nitrogens with zero attached hydrogens (tertiary/aromatic N) is 2. The monoisotopic (exact) mass is 338 g/mol. The molecular formula is C17H23ClN2O3. The predicted molar refractivity (Wildman–Crippen MR) is 88.8 cm³/mol. The van der Waals surface area contributed by atoms with E-state index in [0.717, 1.165) is 44.2 Å². The molecule has 1 atom stereocenters. The minimum Gasteiger partial charge on any atom is -0.491 e. The zero-order valence-electron chi connectivity index (χ0n) is 13.5. The third-order valence-electron chi connectivity index (χ3n) is 4.27. The summed E-state index contributed by atoms with van der Waals surface area (Å²) in [4.78, 5) is 16.3. The van der Waals surface area contributed by atoms with Crippen molar-refractivity contribution in [1.82, 2.24) is 9.80 Å². The fourth-order valence-electron chi connectivity index (χ4n) is 3.00. The Kier molecular flexibility index (Phi) is 5.41. The Morgan fingerprint density at radius 2 is 2.04 bits per heavy atom. The molecule has 0 aromatic heterocycles. The van der Waals surface area contributed by atoms with Gasteiger partial charge in [-0.1, -0.05) is 6.07 Å². The number of rotatable bonds is 3. The second-order valence-electron chi connectivity index (χ2n) is 6.05. The number of hydrogen-bond acceptors (Lipinski definition) is 4. The Morgan fingerprint density at radius 3 is 2.78 bits per heavy atom. The molecule has 1 aromatic rings. The topological polar surface area (TPSA) is 42.0 Å². The van der Waals surface area contributed by atoms with E-state index in [0.29, 0.717) is 19.7 Å². The van der Waals surface area contributed by atoms with E-state index in [9.17, 15) is 4.79 Å². The van der Waals surface area contributed by atoms with Crippen molar-refractivity contribution in [3.05, 3.63) is 29.3 Å². The maximum Gasteiger partial charge on any atom is 0.240 e. The number of ether oxygens (including phenoxy) is 2. The predicted octanol–water partition coefficient (Wildman–Crippen LogP) is 1.87. The molecule has 1 amide bonds. The number of alkyl halides is 1. The Hall–Kier alpha value is -1.30. The Balaban J connectivity index is 1.73. The highest BCUT2D eigenvalue weighted by atomic mass is 35.5. The van der Waals surface area contributed by atoms with Crippen LogP contribution in [-0.4, -0.2) is 60.5 Å². The van der Waals surface area contributed by atoms with Gasteiger partial charge in [0.25, 0.3) is 0 Å². The SMILES string of the molecule is CC(Cl)C(=O)N1CCOc2ccc(CN3CCOCC3)cc2C1. The van der Waals surface area contributed by atoms with Crippen LogP contribution in [0.1, 0.15) is 18.1 Å². The van der Waals surface area contributed by atoms with E-state index in [2.05, 4.69) is 17.0 Å². The first-order valence-electron chi connectivity index (χ1n) is 8.11. The smallest absolute Gasteiger partial charge is 0.240 e. The number of hydrogen-bond donors (Lipinski definition) is 0. The summed E-state index contributed by atoms with van der Waals surface area (Å²) in [6, 6.07) is 6.27. The van der Waals surface area contributed by atoms with Crippen LogP contribution in [0.2, 0.25) is 0 Å². The van der Waals surface area contributed by atoms with Crippen LogP contribution in [0, 0.1) is 0 Å². The van der Waals surface area contributed by atoms with Gasteiger partial charge < -0.3 is 14.4 Å². The summed E-state index contributed by atoms with van der Waals surface area (Å²) in [5.41, 5.74) is 2.29. The zero-order chi connectivity index (χ0) is 16.2. The highest BCUT2D eigenvalue weighted by Crippen LogP contribution is 2.25. The number of carbonyl (C=O) groups excluding carboxylic acids is 1. The van der Waals surface area contributed by atoms with E-state index < -0.39 is 5.38 Å². The molecule has 1 unspecified atom stereocenters. The highest BCUT2D eigenvalue weighted by molar-refractivity contribution is 6.30. The van der Waals surface area contributed by atoms with Gasteiger partial charge in [-0.2, -0.15) is 0 Å². The summed E-state index contributed by atoms with van der Waals surface area (Å²) < 4.78 is 11.2. The van der Waals surface area contributed by atoms with Crippen LogP contribution in [0.4, 0.5) is 0 Å². The first-order chi connectivity index (χ1) is 11.1. The first kappa shape index (κ1) is 16.6. The van der Waals surface area contributed by atoms with E-state index >= 15 is 0 Å². The van der Waals surface area contributed by atoms with E-state index in [1.54, 1.807) is 11.8 Å². The molecule has 3 rings (SSSR count). The summed E-state index contributed by atoms with van der Waals surface area (Å²) >= 11 is 5.95. The van der Waals surface area contributed by atoms with E-state index in [1.165, 1.54) is 5.56 Å². The lowest BCUT2D eigenvalue weighted by Crippen LogP contribution is -2.36. The maximum absolute atomic E-state index is 12.2. The number of carbonyl (C=O) groups is 1. The largest absolute Gasteiger partial charge is 0.491 e. The van der Waals surface area contributed by atoms with Gasteiger partial charge >= 0.3 is 0 Å². The van der Waals surface area contributed by atoms with Crippen molar-refractivity contribution in [3.8, 4) is 5.75 Å². The molecule has 2 aliphatic rings. The van der Waals surface area contributed by atoms with Crippen LogP contribution in [-0.2, 0) is 22.6 Å². The average Bonchev–Trinajstić information content (AvgIpc) is 2.77. The molecule has 0 bridgehead atoms. The summed E-state index contributed by atoms with van der Waals surface area (Å²) in [6.07, 6.45) is 0. The van der Waals surface area contributed by atoms with Crippen LogP contribution >= 0.6 is 11.6 Å². The van der Waals surface area contributed by atoms with Crippen molar-refractivity contribution in [2.75, 3.05) is 39.5 Å². The van der Waals surface area contributed by atoms with Crippen LogP contribution in [0.15, 0.2) is 18.2 Å². The summed E-state index contributed by atoms with van der Waals surface area (Å²) in [5.74, 6) is 0.829. The molecule has 6 heteroatoms. The zero-order valence-corrected chi connectivity index (χ0v) is 14.2. The number of halogens is 1. The fraction of sp³-hybridized carbons (Fsp3) is 0.588. The van der Waals surface area contributed by atoms with Crippen molar-refractivity contribution in [1.29, 1.82) is 0 Å². The van der Waals surface area contributed by atoms with Crippen LogP contribution < -0.4 is 4.74 Å². The third kappa shape index (κ3) is 4.16. The van der Waals surface area contributed by atoms with E-state index in [-0.39, 0.29) is 5.91 Å². The molecule has 126 valence electrons. The van der Waals surface area contributed by atoms with Crippen molar-refractivity contribution < 1.29 is 14.3 Å². The van der Waals surface area contributed by atoms with Gasteiger partial charge in [0.05, 0.1) is 19.8 Å². The minimum atomic E-state index is -0.506. The normalized spacial score (nSPS) is 20.3. The molecule has 0 radical (unpaired) electrons. The van der Waals surface area contributed by atoms with Crippen molar-refractivity contribution in [2.24, 2.45) is 0 Å². The lowest BCUT2D eigenvalue weighted by molar-refractivity contribution is -0.131. The molecule has 2 aliphatic heterocycles. The lowest BCUT2D eigenvalue weighted by Gasteiger charge is -2.27. The number of benzene rings is 1. The average molecular weight is 339 g/mol. The van der Waals surface area contributed by atoms with Gasteiger partial charge in [-0.15, -0.1) is 11.6 Å². The van der Waals surface area contributed by atoms with E-state index in [1.807, 2.05) is 6.07 Å². The molecule has 1 saturated heterocycles. The van der Waals surface area contributed by atoms with Gasteiger partial charge in [0.1, 0.15) is 17.7 Å². The molecule has 0 N–H and O–H groups in total. The number of fused-ring (bicyclic) bond motifs is 1. The van der Waals surface area contributed by atoms with Crippen LogP contribution in [0.3, 0.4) is 0 Å². The second kappa shape index (κ2) is 7.51. The van der Waals surface area contributed by atoms with E-state index in [4.69, 9.17) is 21.1 Å². The Labute approximate surface area is 142 Å². The molecule has 0 aliphatic carbocycles. The molecule has 0 saturated carbocycles. The van der Waals surface area contributed by atoms with Gasteiger partial charge in [-0.25, -0.2) is 0 Å². The van der Waals surface area contributed by atoms with Gasteiger partial charge in [0.15, 0.2) is 0 Å². The summed E-state index contributed by atoms with van der Waals surface area (Å²) in [7, 11) is 0. The van der Waals surface area contributed by atoms with Crippen LogP contribution in [0.5, 0.6) is 5.75 Å². The molecule has 23 heavy (non-hydrogen) atoms. The number of morpholine rings is 1. The highest BCUT2D eigenvalue weighted by Gasteiger charge is 2.23. The van der Waals surface area contributed by atoms with Gasteiger partial charge in [-0.3, -0.25) is 9.69 Å². The first-order valence-corrected chi connectivity index (χ1v) is 8.54. The lowest BCUT2D eigenvalue weighted by atomic mass is 10.1. The van der Waals surface area contributed by atoms with Crippen molar-refractivity contribution in [2.45, 2.75) is 25.4 Å². The Bertz CT molecular complexity index is 559. The van der Waals surface area contributed by atoms with Crippen molar-refractivity contribution in [3.63, 3.8) is 0 Å². The van der Waals surface area contributed by atoms with Crippen molar-refractivity contribution >= 4 is 17.5 Å². The number of amides is 1. The molecule has 2 heterocycles. The molecule has 5 nitrogen and oxygen atoms in total. The van der Waals surface area contributed by atoms with Gasteiger partial charge in [0, 0.05) is 31.7 Å². The Morgan fingerprint density at radius 1 is 1.26 bits per heavy atom. The van der Waals surface area contributed by atoms with Crippen LogP contribution in [0.25, 0.3) is 0 Å². The molecule has 1 fully saturated rings. The standard InChI is InChI=1S/C17H23ClN2O3/c1-13(18)17(21)20-6-9-23-16-3-2-14(10-15(16)12-20)11-19-4-7-22-8-5-19/h2-3,10,13H,4-9,11-12H2,1H3. The van der Waals surface area contributed by atoms with Gasteiger partial charge in [0.2, 0.25) is 5.91 Å². The quantitative estimate of drug-likeness (QED) is 0.789. The maximum atomic E-state index is 12.2. The fourth-order valence-corrected chi connectivity index (χ4v) is 3.14. The molecule has 0 spiro atoms. The second-order valence-corrected chi connectivity index (χ2v) is 6.71.